The number of carbonyl (C=O) groups excluding carboxylic acids is 1. The molecule has 4 nitrogen and oxygen atoms in total. The molecule has 114 valence electrons. The van der Waals surface area contributed by atoms with Crippen molar-refractivity contribution in [3.63, 3.8) is 0 Å². The maximum Gasteiger partial charge on any atom is 0.416 e. The zero-order valence-corrected chi connectivity index (χ0v) is 11.1. The number of hydrogen-bond acceptors (Lipinski definition) is 3. The lowest BCUT2D eigenvalue weighted by molar-refractivity contribution is -0.137. The lowest BCUT2D eigenvalue weighted by atomic mass is 10.1. The van der Waals surface area contributed by atoms with Gasteiger partial charge in [0.1, 0.15) is 0 Å². The van der Waals surface area contributed by atoms with Gasteiger partial charge in [0.25, 0.3) is 5.91 Å². The highest BCUT2D eigenvalue weighted by atomic mass is 19.4. The first-order valence-electron chi connectivity index (χ1n) is 6.32. The minimum absolute atomic E-state index is 0.00316. The highest BCUT2D eigenvalue weighted by molar-refractivity contribution is 6.06. The van der Waals surface area contributed by atoms with Crippen molar-refractivity contribution in [2.45, 2.75) is 6.18 Å². The lowest BCUT2D eigenvalue weighted by Gasteiger charge is -2.10. The van der Waals surface area contributed by atoms with Gasteiger partial charge in [0.2, 0.25) is 6.79 Å². The van der Waals surface area contributed by atoms with E-state index in [1.165, 1.54) is 18.2 Å². The molecule has 1 aliphatic heterocycles. The van der Waals surface area contributed by atoms with E-state index < -0.39 is 17.6 Å². The number of hydrogen-bond donors (Lipinski definition) is 1. The van der Waals surface area contributed by atoms with Gasteiger partial charge < -0.3 is 14.8 Å². The molecule has 2 aromatic carbocycles. The van der Waals surface area contributed by atoms with Crippen molar-refractivity contribution < 1.29 is 27.4 Å². The number of amides is 1. The van der Waals surface area contributed by atoms with E-state index in [0.717, 1.165) is 12.1 Å². The van der Waals surface area contributed by atoms with Gasteiger partial charge in [-0.05, 0) is 30.3 Å². The second-order valence-corrected chi connectivity index (χ2v) is 4.57. The highest BCUT2D eigenvalue weighted by Gasteiger charge is 2.30. The highest BCUT2D eigenvalue weighted by Crippen LogP contribution is 2.36. The Balaban J connectivity index is 1.85. The molecule has 0 fully saturated rings. The number of anilines is 1. The van der Waals surface area contributed by atoms with Gasteiger partial charge in [0, 0.05) is 5.69 Å². The quantitative estimate of drug-likeness (QED) is 0.920. The third-order valence-corrected chi connectivity index (χ3v) is 3.09. The molecule has 1 amide bonds. The molecule has 1 aliphatic rings. The summed E-state index contributed by atoms with van der Waals surface area (Å²) in [5, 5.41) is 2.43. The molecule has 0 bridgehead atoms. The molecule has 1 N–H and O–H groups in total. The van der Waals surface area contributed by atoms with E-state index in [-0.39, 0.29) is 23.8 Å². The minimum Gasteiger partial charge on any atom is -0.454 e. The van der Waals surface area contributed by atoms with Crippen LogP contribution in [-0.2, 0) is 6.18 Å². The molecule has 22 heavy (non-hydrogen) atoms. The summed E-state index contributed by atoms with van der Waals surface area (Å²) in [7, 11) is 0. The van der Waals surface area contributed by atoms with Crippen molar-refractivity contribution in [2.75, 3.05) is 12.1 Å². The van der Waals surface area contributed by atoms with Crippen molar-refractivity contribution in [1.82, 2.24) is 0 Å². The van der Waals surface area contributed by atoms with Crippen molar-refractivity contribution in [2.24, 2.45) is 0 Å². The first-order valence-corrected chi connectivity index (χ1v) is 6.32. The van der Waals surface area contributed by atoms with Gasteiger partial charge in [0.05, 0.1) is 11.1 Å². The number of alkyl halides is 3. The maximum absolute atomic E-state index is 12.7. The Morgan fingerprint density at radius 3 is 2.64 bits per heavy atom. The molecular weight excluding hydrogens is 299 g/mol. The van der Waals surface area contributed by atoms with E-state index in [2.05, 4.69) is 5.32 Å². The van der Waals surface area contributed by atoms with Crippen LogP contribution in [0.2, 0.25) is 0 Å². The van der Waals surface area contributed by atoms with Crippen LogP contribution in [0.3, 0.4) is 0 Å². The molecule has 0 saturated carbocycles. The van der Waals surface area contributed by atoms with Crippen LogP contribution < -0.4 is 14.8 Å². The average Bonchev–Trinajstić information content (AvgIpc) is 2.94. The van der Waals surface area contributed by atoms with Crippen LogP contribution in [0, 0.1) is 0 Å². The summed E-state index contributed by atoms with van der Waals surface area (Å²) in [5.74, 6) is 0.144. The van der Waals surface area contributed by atoms with Crippen LogP contribution in [-0.4, -0.2) is 12.7 Å². The minimum atomic E-state index is -4.47. The van der Waals surface area contributed by atoms with Crippen molar-refractivity contribution in [3.8, 4) is 11.5 Å². The number of halogens is 3. The third-order valence-electron chi connectivity index (χ3n) is 3.09. The monoisotopic (exact) mass is 309 g/mol. The molecule has 7 heteroatoms. The standard InChI is InChI=1S/C15H10F3NO3/c16-15(17,18)9-3-1-4-10(7-9)19-14(20)11-5-2-6-12-13(11)22-8-21-12/h1-7H,8H2,(H,19,20). The fraction of sp³-hybridized carbons (Fsp3) is 0.133. The zero-order valence-electron chi connectivity index (χ0n) is 11.1. The second-order valence-electron chi connectivity index (χ2n) is 4.57. The Hall–Kier alpha value is -2.70. The summed E-state index contributed by atoms with van der Waals surface area (Å²) in [6, 6.07) is 9.18. The molecule has 0 unspecified atom stereocenters. The van der Waals surface area contributed by atoms with Crippen molar-refractivity contribution in [1.29, 1.82) is 0 Å². The predicted molar refractivity (Wildman–Crippen MR) is 72.0 cm³/mol. The lowest BCUT2D eigenvalue weighted by Crippen LogP contribution is -2.13. The molecule has 3 rings (SSSR count). The van der Waals surface area contributed by atoms with E-state index in [4.69, 9.17) is 9.47 Å². The Morgan fingerprint density at radius 2 is 1.86 bits per heavy atom. The van der Waals surface area contributed by atoms with Crippen LogP contribution >= 0.6 is 0 Å². The largest absolute Gasteiger partial charge is 0.454 e. The molecule has 0 spiro atoms. The third kappa shape index (κ3) is 2.69. The molecule has 0 atom stereocenters. The van der Waals surface area contributed by atoms with Gasteiger partial charge in [-0.1, -0.05) is 12.1 Å². The van der Waals surface area contributed by atoms with Gasteiger partial charge >= 0.3 is 6.18 Å². The van der Waals surface area contributed by atoms with Gasteiger partial charge in [-0.15, -0.1) is 0 Å². The number of carbonyl (C=O) groups is 1. The molecule has 2 aromatic rings. The predicted octanol–water partition coefficient (Wildman–Crippen LogP) is 3.69. The van der Waals surface area contributed by atoms with E-state index in [0.29, 0.717) is 5.75 Å². The normalized spacial score (nSPS) is 13.0. The molecule has 0 radical (unpaired) electrons. The summed E-state index contributed by atoms with van der Waals surface area (Å²) in [5.41, 5.74) is -0.577. The number of ether oxygens (including phenoxy) is 2. The van der Waals surface area contributed by atoms with E-state index >= 15 is 0 Å². The summed E-state index contributed by atoms with van der Waals surface area (Å²) < 4.78 is 48.3. The van der Waals surface area contributed by atoms with E-state index in [9.17, 15) is 18.0 Å². The average molecular weight is 309 g/mol. The SMILES string of the molecule is O=C(Nc1cccc(C(F)(F)F)c1)c1cccc2c1OCO2. The fourth-order valence-corrected chi connectivity index (χ4v) is 2.08. The Kier molecular flexibility index (Phi) is 3.40. The topological polar surface area (TPSA) is 47.6 Å². The van der Waals surface area contributed by atoms with Crippen LogP contribution in [0.1, 0.15) is 15.9 Å². The fourth-order valence-electron chi connectivity index (χ4n) is 2.08. The van der Waals surface area contributed by atoms with Crippen LogP contribution in [0.25, 0.3) is 0 Å². The second kappa shape index (κ2) is 5.25. The summed E-state index contributed by atoms with van der Waals surface area (Å²) in [4.78, 5) is 12.2. The van der Waals surface area contributed by atoms with Crippen LogP contribution in [0.5, 0.6) is 11.5 Å². The van der Waals surface area contributed by atoms with E-state index in [1.54, 1.807) is 12.1 Å². The number of nitrogens with one attached hydrogen (secondary N) is 1. The molecule has 0 aromatic heterocycles. The van der Waals surface area contributed by atoms with Crippen LogP contribution in [0.15, 0.2) is 42.5 Å². The summed E-state index contributed by atoms with van der Waals surface area (Å²) in [6.07, 6.45) is -4.47. The van der Waals surface area contributed by atoms with Crippen LogP contribution in [0.4, 0.5) is 18.9 Å². The summed E-state index contributed by atoms with van der Waals surface area (Å²) >= 11 is 0. The molecule has 0 aliphatic carbocycles. The zero-order chi connectivity index (χ0) is 15.7. The smallest absolute Gasteiger partial charge is 0.416 e. The first kappa shape index (κ1) is 14.2. The number of rotatable bonds is 2. The number of benzene rings is 2. The van der Waals surface area contributed by atoms with Gasteiger partial charge in [0.15, 0.2) is 11.5 Å². The van der Waals surface area contributed by atoms with Gasteiger partial charge in [-0.25, -0.2) is 0 Å². The van der Waals surface area contributed by atoms with E-state index in [1.807, 2.05) is 0 Å². The molecule has 1 heterocycles. The first-order chi connectivity index (χ1) is 10.4. The maximum atomic E-state index is 12.7. The Morgan fingerprint density at radius 1 is 1.09 bits per heavy atom. The molecule has 0 saturated heterocycles. The summed E-state index contributed by atoms with van der Waals surface area (Å²) in [6.45, 7) is 0.00316. The Bertz CT molecular complexity index is 728. The van der Waals surface area contributed by atoms with Crippen molar-refractivity contribution in [3.05, 3.63) is 53.6 Å². The Labute approximate surface area is 123 Å². The molecular formula is C15H10F3NO3. The number of fused-ring (bicyclic) bond motifs is 1. The van der Waals surface area contributed by atoms with Gasteiger partial charge in [-0.2, -0.15) is 13.2 Å². The van der Waals surface area contributed by atoms with Gasteiger partial charge in [-0.3, -0.25) is 4.79 Å². The number of para-hydroxylation sites is 1. The van der Waals surface area contributed by atoms with Crippen molar-refractivity contribution >= 4 is 11.6 Å².